The second-order valence-electron chi connectivity index (χ2n) is 10.2. The largest absolute Gasteiger partial charge is 0.347 e. The van der Waals surface area contributed by atoms with Gasteiger partial charge in [0.15, 0.2) is 5.67 Å². The minimum atomic E-state index is -4.11. The van der Waals surface area contributed by atoms with Gasteiger partial charge < -0.3 is 10.2 Å². The third kappa shape index (κ3) is 6.40. The lowest BCUT2D eigenvalue weighted by Gasteiger charge is -2.40. The zero-order chi connectivity index (χ0) is 29.5. The molecule has 2 aromatic rings. The van der Waals surface area contributed by atoms with Crippen LogP contribution in [-0.4, -0.2) is 72.7 Å². The maximum atomic E-state index is 15.8. The molecule has 2 saturated heterocycles. The van der Waals surface area contributed by atoms with E-state index in [9.17, 15) is 26.8 Å². The number of sulfonamides is 1. The molecule has 0 radical (unpaired) electrons. The Morgan fingerprint density at radius 3 is 2.45 bits per heavy atom. The van der Waals surface area contributed by atoms with E-state index in [4.69, 9.17) is 11.6 Å². The van der Waals surface area contributed by atoms with Gasteiger partial charge in [0.05, 0.1) is 18.0 Å². The van der Waals surface area contributed by atoms with Crippen LogP contribution in [0, 0.1) is 0 Å². The highest BCUT2D eigenvalue weighted by Gasteiger charge is 2.48. The molecule has 40 heavy (non-hydrogen) atoms. The molecule has 0 aromatic heterocycles. The third-order valence-electron chi connectivity index (χ3n) is 6.98. The summed E-state index contributed by atoms with van der Waals surface area (Å²) in [5.74, 6) is -4.45. The van der Waals surface area contributed by atoms with E-state index in [1.165, 1.54) is 30.3 Å². The van der Waals surface area contributed by atoms with Crippen molar-refractivity contribution in [2.24, 2.45) is 0 Å². The van der Waals surface area contributed by atoms with Gasteiger partial charge in [-0.05, 0) is 38.1 Å². The predicted molar refractivity (Wildman–Crippen MR) is 149 cm³/mol. The number of carbonyl (C=O) groups is 2. The summed E-state index contributed by atoms with van der Waals surface area (Å²) in [4.78, 5) is 25.8. The van der Waals surface area contributed by atoms with Gasteiger partial charge in [-0.1, -0.05) is 51.8 Å². The topological polar surface area (TPSA) is 86.8 Å². The molecule has 7 nitrogen and oxygen atoms in total. The van der Waals surface area contributed by atoms with Gasteiger partial charge in [0.25, 0.3) is 11.8 Å². The van der Waals surface area contributed by atoms with E-state index in [0.29, 0.717) is 20.6 Å². The molecule has 4 rings (SSSR count). The van der Waals surface area contributed by atoms with Crippen LogP contribution in [0.2, 0.25) is 5.02 Å². The van der Waals surface area contributed by atoms with Gasteiger partial charge in [0.2, 0.25) is 15.9 Å². The van der Waals surface area contributed by atoms with Crippen LogP contribution in [0.25, 0.3) is 11.1 Å². The quantitative estimate of drug-likeness (QED) is 0.414. The number of nitrogens with one attached hydrogen (secondary N) is 1. The van der Waals surface area contributed by atoms with E-state index in [2.05, 4.69) is 21.2 Å². The third-order valence-corrected chi connectivity index (χ3v) is 9.88. The Labute approximate surface area is 244 Å². The number of likely N-dealkylation sites (tertiary alicyclic amines) is 1. The number of piperidine rings is 1. The number of carbonyl (C=O) groups excluding carboxylic acids is 2. The van der Waals surface area contributed by atoms with Crippen molar-refractivity contribution in [1.82, 2.24) is 14.5 Å². The van der Waals surface area contributed by atoms with Crippen molar-refractivity contribution in [3.63, 3.8) is 0 Å². The number of rotatable bonds is 7. The zero-order valence-corrected chi connectivity index (χ0v) is 24.9. The van der Waals surface area contributed by atoms with Crippen LogP contribution in [0.1, 0.15) is 26.7 Å². The van der Waals surface area contributed by atoms with Gasteiger partial charge in [0, 0.05) is 58.2 Å². The minimum absolute atomic E-state index is 0.00912. The number of alkyl halides is 3. The molecule has 0 bridgehead atoms. The fourth-order valence-corrected chi connectivity index (χ4v) is 7.29. The fourth-order valence-electron chi connectivity index (χ4n) is 4.87. The molecule has 2 amide bonds. The summed E-state index contributed by atoms with van der Waals surface area (Å²) in [6, 6.07) is 9.95. The molecule has 2 aromatic carbocycles. The summed E-state index contributed by atoms with van der Waals surface area (Å²) in [6.45, 7) is 1.49. The Bertz CT molecular complexity index is 1450. The number of nitrogens with zero attached hydrogens (tertiary/aromatic N) is 2. The summed E-state index contributed by atoms with van der Waals surface area (Å²) in [5.41, 5.74) is -1.43. The average molecular weight is 663 g/mol. The van der Waals surface area contributed by atoms with Crippen molar-refractivity contribution >= 4 is 49.4 Å². The summed E-state index contributed by atoms with van der Waals surface area (Å²) in [6.07, 6.45) is 1.61. The lowest BCUT2D eigenvalue weighted by atomic mass is 9.89. The van der Waals surface area contributed by atoms with E-state index in [-0.39, 0.29) is 24.3 Å². The first-order valence-corrected chi connectivity index (χ1v) is 15.2. The lowest BCUT2D eigenvalue weighted by molar-refractivity contribution is -0.160. The summed E-state index contributed by atoms with van der Waals surface area (Å²) in [7, 11) is -4.11. The molecule has 3 atom stereocenters. The molecule has 216 valence electrons. The van der Waals surface area contributed by atoms with Crippen LogP contribution in [0.15, 0.2) is 64.0 Å². The van der Waals surface area contributed by atoms with Crippen LogP contribution < -0.4 is 5.32 Å². The molecule has 2 aliphatic rings. The average Bonchev–Trinajstić information content (AvgIpc) is 2.85. The monoisotopic (exact) mass is 661 g/mol. The Morgan fingerprint density at radius 1 is 1.15 bits per heavy atom. The second-order valence-corrected chi connectivity index (χ2v) is 13.4. The standard InChI is InChI=1S/C27H28BrClF3N3O4S/c1-17(7-10-24(36)34-15-27(31,32)16-34)33-25(37)26(30)11-12-35(18(2)14-26)40(38,39)23-9-8-19(28)13-21(23)20-5-3-4-6-22(20)29/h3-10,13,17-18H,11-12,14-16H2,1-2H3,(H,33,37)/b10-7+/t17-,18-,26?/m1/s1. The normalized spacial score (nSPS) is 24.0. The molecule has 1 N–H and O–H groups in total. The van der Waals surface area contributed by atoms with E-state index in [0.717, 1.165) is 11.0 Å². The first-order chi connectivity index (χ1) is 18.6. The molecular formula is C27H28BrClF3N3O4S. The first-order valence-electron chi connectivity index (χ1n) is 12.5. The molecule has 0 spiro atoms. The van der Waals surface area contributed by atoms with Crippen LogP contribution >= 0.6 is 27.5 Å². The predicted octanol–water partition coefficient (Wildman–Crippen LogP) is 5.19. The second kappa shape index (κ2) is 11.5. The minimum Gasteiger partial charge on any atom is -0.347 e. The lowest BCUT2D eigenvalue weighted by Crippen LogP contribution is -2.58. The van der Waals surface area contributed by atoms with Crippen molar-refractivity contribution in [3.05, 3.63) is 64.1 Å². The number of halogens is 5. The van der Waals surface area contributed by atoms with E-state index >= 15 is 4.39 Å². The van der Waals surface area contributed by atoms with Crippen LogP contribution in [0.4, 0.5) is 13.2 Å². The molecular weight excluding hydrogens is 635 g/mol. The van der Waals surface area contributed by atoms with Crippen LogP contribution in [0.5, 0.6) is 0 Å². The Morgan fingerprint density at radius 2 is 1.82 bits per heavy atom. The fraction of sp³-hybridized carbons (Fsp3) is 0.407. The van der Waals surface area contributed by atoms with Gasteiger partial charge in [-0.3, -0.25) is 9.59 Å². The van der Waals surface area contributed by atoms with Crippen LogP contribution in [-0.2, 0) is 19.6 Å². The Hall–Kier alpha value is -2.41. The number of hydrogen-bond donors (Lipinski definition) is 1. The van der Waals surface area contributed by atoms with Gasteiger partial charge in [-0.15, -0.1) is 0 Å². The smallest absolute Gasteiger partial charge is 0.282 e. The highest BCUT2D eigenvalue weighted by Crippen LogP contribution is 2.39. The van der Waals surface area contributed by atoms with Gasteiger partial charge in [-0.2, -0.15) is 4.31 Å². The van der Waals surface area contributed by atoms with Crippen molar-refractivity contribution in [2.45, 2.75) is 55.3 Å². The van der Waals surface area contributed by atoms with Gasteiger partial charge >= 0.3 is 0 Å². The Kier molecular flexibility index (Phi) is 8.75. The number of amides is 2. The number of hydrogen-bond acceptors (Lipinski definition) is 4. The summed E-state index contributed by atoms with van der Waals surface area (Å²) >= 11 is 9.74. The maximum Gasteiger partial charge on any atom is 0.282 e. The highest BCUT2D eigenvalue weighted by molar-refractivity contribution is 9.10. The van der Waals surface area contributed by atoms with Crippen molar-refractivity contribution < 1.29 is 31.2 Å². The number of benzene rings is 2. The van der Waals surface area contributed by atoms with E-state index in [1.54, 1.807) is 36.4 Å². The molecule has 1 unspecified atom stereocenters. The van der Waals surface area contributed by atoms with Crippen LogP contribution in [0.3, 0.4) is 0 Å². The first kappa shape index (κ1) is 30.5. The Balaban J connectivity index is 1.45. The molecule has 0 saturated carbocycles. The summed E-state index contributed by atoms with van der Waals surface area (Å²) in [5, 5.41) is 2.85. The SMILES string of the molecule is C[C@H](/C=C/C(=O)N1CC(F)(F)C1)NC(=O)C1(F)CCN(S(=O)(=O)c2ccc(Br)cc2-c2ccccc2Cl)[C@H](C)C1. The molecule has 2 fully saturated rings. The van der Waals surface area contributed by atoms with Crippen molar-refractivity contribution in [1.29, 1.82) is 0 Å². The zero-order valence-electron chi connectivity index (χ0n) is 21.7. The van der Waals surface area contributed by atoms with E-state index < -0.39 is 58.6 Å². The maximum absolute atomic E-state index is 15.8. The molecule has 13 heteroatoms. The molecule has 2 aliphatic heterocycles. The van der Waals surface area contributed by atoms with Gasteiger partial charge in [-0.25, -0.2) is 21.6 Å². The van der Waals surface area contributed by atoms with Crippen molar-refractivity contribution in [2.75, 3.05) is 19.6 Å². The van der Waals surface area contributed by atoms with Gasteiger partial charge in [0.1, 0.15) is 0 Å². The highest BCUT2D eigenvalue weighted by atomic mass is 79.9. The van der Waals surface area contributed by atoms with Crippen molar-refractivity contribution in [3.8, 4) is 11.1 Å². The summed E-state index contributed by atoms with van der Waals surface area (Å²) < 4.78 is 71.2. The van der Waals surface area contributed by atoms with E-state index in [1.807, 2.05) is 0 Å². The molecule has 0 aliphatic carbocycles. The molecule has 2 heterocycles.